The van der Waals surface area contributed by atoms with Crippen molar-refractivity contribution >= 4 is 78.5 Å². The number of aliphatic hydroxyl groups is 1. The number of aliphatic hydroxyl groups excluding tert-OH is 1. The highest BCUT2D eigenvalue weighted by molar-refractivity contribution is 8.78. The second-order valence-electron chi connectivity index (χ2n) is 15.9. The van der Waals surface area contributed by atoms with E-state index in [2.05, 4.69) is 5.32 Å². The quantitative estimate of drug-likeness (QED) is 0.338. The number of hydrogen-bond donors (Lipinski definition) is 2. The van der Waals surface area contributed by atoms with Crippen LogP contribution in [0, 0.1) is 11.7 Å². The summed E-state index contributed by atoms with van der Waals surface area (Å²) < 4.78 is 22.8. The number of esters is 1. The number of fused-ring (bicyclic) bond motifs is 11. The maximum Gasteiger partial charge on any atom is 0.309 e. The summed E-state index contributed by atoms with van der Waals surface area (Å²) in [5.41, 5.74) is -1.37. The number of nitrogens with one attached hydrogen (secondary N) is 1. The topological polar surface area (TPSA) is 140 Å². The summed E-state index contributed by atoms with van der Waals surface area (Å²) in [5, 5.41) is 17.3. The third kappa shape index (κ3) is 3.14. The number of carbonyl (C=O) groups is 5. The van der Waals surface area contributed by atoms with Crippen LogP contribution in [0.3, 0.4) is 0 Å². The van der Waals surface area contributed by atoms with Gasteiger partial charge in [-0.05, 0) is 88.6 Å². The molecule has 9 aliphatic heterocycles. The number of ether oxygens (including phenoxy) is 1. The van der Waals surface area contributed by atoms with E-state index in [1.165, 1.54) is 54.3 Å². The van der Waals surface area contributed by atoms with Gasteiger partial charge < -0.3 is 29.9 Å². The molecule has 17 heteroatoms. The van der Waals surface area contributed by atoms with Gasteiger partial charge in [0.05, 0.1) is 22.8 Å². The molecule has 4 amide bonds. The largest absolute Gasteiger partial charge is 0.457 e. The summed E-state index contributed by atoms with van der Waals surface area (Å²) in [7, 11) is 8.04. The monoisotopic (exact) mass is 809 g/mol. The van der Waals surface area contributed by atoms with Gasteiger partial charge in [0.1, 0.15) is 18.1 Å². The van der Waals surface area contributed by atoms with Gasteiger partial charge >= 0.3 is 5.97 Å². The lowest BCUT2D eigenvalue weighted by Crippen LogP contribution is -2.78. The Kier molecular flexibility index (Phi) is 6.48. The minimum atomic E-state index is -1.86. The first-order chi connectivity index (χ1) is 25.8. The van der Waals surface area contributed by atoms with Crippen molar-refractivity contribution in [1.82, 2.24) is 19.6 Å². The van der Waals surface area contributed by atoms with Crippen molar-refractivity contribution < 1.29 is 38.2 Å². The van der Waals surface area contributed by atoms with Gasteiger partial charge in [-0.25, -0.2) is 4.39 Å². The van der Waals surface area contributed by atoms with Crippen LogP contribution < -0.4 is 5.32 Å². The van der Waals surface area contributed by atoms with Crippen LogP contribution in [0.25, 0.3) is 0 Å². The van der Waals surface area contributed by atoms with Crippen molar-refractivity contribution in [1.29, 1.82) is 0 Å². The summed E-state index contributed by atoms with van der Waals surface area (Å²) in [6.07, 6.45) is -2.35. The molecule has 0 radical (unpaired) electrons. The Morgan fingerprint density at radius 1 is 0.852 bits per heavy atom. The zero-order chi connectivity index (χ0) is 37.7. The maximum absolute atomic E-state index is 16.0. The number of carbonyl (C=O) groups excluding carboxylic acids is 5. The standard InChI is InChI=1S/C37H36FN5O7S4/c1-5-32-28(46)42-23-15-18-13-14-19(38)16-21(18)34(23,25(45)36(42,53-51-32)30(48)40(32)3)35-20-9-7-8-10-22(20)39-27(35)43-29(47)33(6-2)41(4)31(49)37(43,54-52-33)26(35)50-24(44)17-11-12-17/h7-10,13-14,16-17,23,25-27,39,45H,5-6,11-12,15H2,1-4H3/t23-,25-,26-,27+,32-,33-,34-,35+,36-,37-/m0/s1. The molecular weight excluding hydrogens is 774 g/mol. The van der Waals surface area contributed by atoms with Crippen LogP contribution in [0.1, 0.15) is 56.2 Å². The first-order valence-electron chi connectivity index (χ1n) is 18.3. The molecule has 2 spiro atoms. The van der Waals surface area contributed by atoms with Crippen LogP contribution in [-0.4, -0.2) is 112 Å². The van der Waals surface area contributed by atoms with Gasteiger partial charge in [-0.15, -0.1) is 0 Å². The fourth-order valence-corrected chi connectivity index (χ4v) is 19.6. The lowest BCUT2D eigenvalue weighted by Gasteiger charge is -2.59. The van der Waals surface area contributed by atoms with Gasteiger partial charge in [0, 0.05) is 19.8 Å². The second-order valence-corrected chi connectivity index (χ2v) is 21.2. The predicted octanol–water partition coefficient (Wildman–Crippen LogP) is 3.38. The molecule has 12 nitrogen and oxygen atoms in total. The lowest BCUT2D eigenvalue weighted by molar-refractivity contribution is -0.174. The molecule has 13 rings (SSSR count). The normalized spacial score (nSPS) is 43.2. The molecule has 2 aliphatic carbocycles. The average Bonchev–Trinajstić information content (AvgIpc) is 3.79. The number of rotatable bonds is 5. The number of para-hydroxylation sites is 1. The fourth-order valence-electron chi connectivity index (χ4n) is 11.7. The highest BCUT2D eigenvalue weighted by atomic mass is 33.1. The zero-order valence-electron chi connectivity index (χ0n) is 29.7. The Balaban J connectivity index is 1.30. The molecule has 0 aromatic heterocycles. The van der Waals surface area contributed by atoms with E-state index in [1.54, 1.807) is 30.0 Å². The molecule has 8 saturated heterocycles. The van der Waals surface area contributed by atoms with Crippen molar-refractivity contribution in [2.45, 2.75) is 101 Å². The van der Waals surface area contributed by atoms with E-state index >= 15 is 23.6 Å². The van der Waals surface area contributed by atoms with Crippen LogP contribution in [0.2, 0.25) is 0 Å². The summed E-state index contributed by atoms with van der Waals surface area (Å²) in [6.45, 7) is 3.70. The summed E-state index contributed by atoms with van der Waals surface area (Å²) in [6, 6.07) is 10.7. The number of amides is 4. The van der Waals surface area contributed by atoms with Crippen molar-refractivity contribution in [3.8, 4) is 0 Å². The van der Waals surface area contributed by atoms with Crippen molar-refractivity contribution in [3.05, 3.63) is 65.0 Å². The summed E-state index contributed by atoms with van der Waals surface area (Å²) >= 11 is 0. The van der Waals surface area contributed by atoms with Gasteiger partial charge in [0.25, 0.3) is 23.6 Å². The fraction of sp³-hybridized carbons (Fsp3) is 0.541. The lowest BCUT2D eigenvalue weighted by atomic mass is 9.51. The molecule has 2 N–H and O–H groups in total. The van der Waals surface area contributed by atoms with Gasteiger partial charge in [0.15, 0.2) is 15.8 Å². The van der Waals surface area contributed by atoms with Gasteiger partial charge in [-0.2, -0.15) is 0 Å². The van der Waals surface area contributed by atoms with Crippen molar-refractivity contribution in [2.75, 3.05) is 19.4 Å². The smallest absolute Gasteiger partial charge is 0.309 e. The van der Waals surface area contributed by atoms with Gasteiger partial charge in [0.2, 0.25) is 9.74 Å². The average molecular weight is 810 g/mol. The third-order valence-electron chi connectivity index (χ3n) is 14.2. The zero-order valence-corrected chi connectivity index (χ0v) is 32.9. The first kappa shape index (κ1) is 34.2. The number of nitrogens with zero attached hydrogens (tertiary/aromatic N) is 4. The van der Waals surface area contributed by atoms with Crippen LogP contribution in [-0.2, 0) is 46.0 Å². The molecule has 282 valence electrons. The number of likely N-dealkylation sites (N-methyl/N-ethyl adjacent to an activating group) is 2. The van der Waals surface area contributed by atoms with Crippen molar-refractivity contribution in [2.24, 2.45) is 5.92 Å². The molecule has 54 heavy (non-hydrogen) atoms. The number of anilines is 1. The van der Waals surface area contributed by atoms with E-state index in [-0.39, 0.29) is 18.2 Å². The Hall–Kier alpha value is -3.12. The Morgan fingerprint density at radius 3 is 2.15 bits per heavy atom. The van der Waals surface area contributed by atoms with Crippen molar-refractivity contribution in [3.63, 3.8) is 0 Å². The SMILES string of the molecule is CC[C@@]12SS[C@]3(C(=O)N1C)[C@@H](O)[C@]1([C@@]45c6ccccc6N[C@@H]4N4C(=O)[C@]6(CC)SS[C@]4(C(=O)N6C)[C@H]5OC(=O)C4CC4)c4cc(F)ccc4C[C@@H]1N3C2=O. The van der Waals surface area contributed by atoms with E-state index in [0.717, 1.165) is 10.8 Å². The Bertz CT molecular complexity index is 2200. The molecule has 4 bridgehead atoms. The third-order valence-corrected chi connectivity index (χ3v) is 21.8. The molecule has 9 heterocycles. The van der Waals surface area contributed by atoms with E-state index in [4.69, 9.17) is 4.74 Å². The van der Waals surface area contributed by atoms with Crippen LogP contribution in [0.4, 0.5) is 10.1 Å². The minimum Gasteiger partial charge on any atom is -0.457 e. The van der Waals surface area contributed by atoms with Crippen LogP contribution >= 0.6 is 43.2 Å². The number of benzene rings is 2. The highest BCUT2D eigenvalue weighted by Gasteiger charge is 2.93. The molecule has 10 atom stereocenters. The molecule has 0 unspecified atom stereocenters. The molecule has 2 aromatic rings. The second kappa shape index (κ2) is 10.2. The molecule has 9 fully saturated rings. The minimum absolute atomic E-state index is 0.150. The Labute approximate surface area is 325 Å². The molecule has 2 aromatic carbocycles. The Morgan fingerprint density at radius 2 is 1.48 bits per heavy atom. The van der Waals surface area contributed by atoms with Crippen LogP contribution in [0.5, 0.6) is 0 Å². The van der Waals surface area contributed by atoms with E-state index in [1.807, 2.05) is 38.1 Å². The number of hydrogen-bond acceptors (Lipinski definition) is 12. The highest BCUT2D eigenvalue weighted by Crippen LogP contribution is 2.79. The first-order valence-corrected chi connectivity index (χ1v) is 22.6. The van der Waals surface area contributed by atoms with Gasteiger partial charge in [-0.1, -0.05) is 59.7 Å². The van der Waals surface area contributed by atoms with E-state index in [9.17, 15) is 9.90 Å². The summed E-state index contributed by atoms with van der Waals surface area (Å²) in [5.74, 6) is -3.11. The summed E-state index contributed by atoms with van der Waals surface area (Å²) in [4.78, 5) is 74.9. The van der Waals surface area contributed by atoms with Crippen LogP contribution in [0.15, 0.2) is 42.5 Å². The van der Waals surface area contributed by atoms with E-state index < -0.39 is 84.2 Å². The van der Waals surface area contributed by atoms with Gasteiger partial charge in [-0.3, -0.25) is 28.9 Å². The molecule has 1 saturated carbocycles. The number of halogens is 1. The maximum atomic E-state index is 16.0. The number of piperazine rings is 2. The molecule has 11 aliphatic rings. The predicted molar refractivity (Wildman–Crippen MR) is 201 cm³/mol. The van der Waals surface area contributed by atoms with E-state index in [0.29, 0.717) is 48.1 Å². The molecular formula is C37H36FN5O7S4.